The molecule has 0 bridgehead atoms. The highest BCUT2D eigenvalue weighted by Crippen LogP contribution is 2.26. The maximum Gasteiger partial charge on any atom is 0.249 e. The lowest BCUT2D eigenvalue weighted by atomic mass is 9.99. The van der Waals surface area contributed by atoms with Gasteiger partial charge in [0.15, 0.2) is 0 Å². The zero-order valence-electron chi connectivity index (χ0n) is 14.4. The Balaban J connectivity index is 1.80. The van der Waals surface area contributed by atoms with Gasteiger partial charge in [-0.05, 0) is 43.9 Å². The first kappa shape index (κ1) is 17.8. The molecule has 23 heavy (non-hydrogen) atoms. The monoisotopic (exact) mass is 320 g/mol. The van der Waals surface area contributed by atoms with Crippen LogP contribution in [0.25, 0.3) is 0 Å². The molecule has 1 N–H and O–H groups in total. The van der Waals surface area contributed by atoms with Gasteiger partial charge < -0.3 is 19.7 Å². The summed E-state index contributed by atoms with van der Waals surface area (Å²) in [6.45, 7) is 6.97. The summed E-state index contributed by atoms with van der Waals surface area (Å²) in [4.78, 5) is 14.3. The summed E-state index contributed by atoms with van der Waals surface area (Å²) in [5, 5.41) is 2.94. The molecule has 5 heteroatoms. The van der Waals surface area contributed by atoms with Gasteiger partial charge >= 0.3 is 0 Å². The van der Waals surface area contributed by atoms with Gasteiger partial charge in [0.1, 0.15) is 6.10 Å². The largest absolute Gasteiger partial charge is 0.379 e. The summed E-state index contributed by atoms with van der Waals surface area (Å²) in [6.07, 6.45) is 1.84. The topological polar surface area (TPSA) is 50.8 Å². The highest BCUT2D eigenvalue weighted by atomic mass is 16.5. The van der Waals surface area contributed by atoms with Gasteiger partial charge in [-0.2, -0.15) is 0 Å². The molecule has 0 spiro atoms. The first-order valence-electron chi connectivity index (χ1n) is 8.41. The van der Waals surface area contributed by atoms with Crippen LogP contribution in [-0.4, -0.2) is 45.4 Å². The van der Waals surface area contributed by atoms with Crippen molar-refractivity contribution in [1.29, 1.82) is 0 Å². The van der Waals surface area contributed by atoms with E-state index in [2.05, 4.69) is 35.5 Å². The van der Waals surface area contributed by atoms with Crippen LogP contribution in [0.3, 0.4) is 0 Å². The van der Waals surface area contributed by atoms with E-state index >= 15 is 0 Å². The van der Waals surface area contributed by atoms with E-state index in [4.69, 9.17) is 9.47 Å². The van der Waals surface area contributed by atoms with Crippen molar-refractivity contribution >= 4 is 11.6 Å². The van der Waals surface area contributed by atoms with Crippen molar-refractivity contribution in [2.75, 3.05) is 38.3 Å². The second kappa shape index (κ2) is 8.89. The molecule has 1 atom stereocenters. The summed E-state index contributed by atoms with van der Waals surface area (Å²) in [5.74, 6) is -0.0867. The second-order valence-corrected chi connectivity index (χ2v) is 5.92. The van der Waals surface area contributed by atoms with Gasteiger partial charge in [-0.3, -0.25) is 4.79 Å². The minimum Gasteiger partial charge on any atom is -0.379 e. The molecular formula is C18H28N2O3. The van der Waals surface area contributed by atoms with Crippen molar-refractivity contribution in [3.8, 4) is 0 Å². The zero-order valence-corrected chi connectivity index (χ0v) is 14.4. The SMILES string of the molecule is CCOCCOC(C)C(=O)NCc1ccc2c(c1)CCCN2C. The van der Waals surface area contributed by atoms with Crippen LogP contribution < -0.4 is 10.2 Å². The highest BCUT2D eigenvalue weighted by molar-refractivity contribution is 5.80. The number of anilines is 1. The molecule has 1 aromatic carbocycles. The third kappa shape index (κ3) is 5.22. The van der Waals surface area contributed by atoms with Crippen molar-refractivity contribution in [2.24, 2.45) is 0 Å². The van der Waals surface area contributed by atoms with E-state index in [0.717, 1.165) is 18.5 Å². The summed E-state index contributed by atoms with van der Waals surface area (Å²) >= 11 is 0. The Kier molecular flexibility index (Phi) is 6.86. The van der Waals surface area contributed by atoms with Crippen LogP contribution in [0.2, 0.25) is 0 Å². The molecule has 0 saturated carbocycles. The predicted molar refractivity (Wildman–Crippen MR) is 91.8 cm³/mol. The molecule has 0 fully saturated rings. The van der Waals surface area contributed by atoms with Gasteiger partial charge in [-0.1, -0.05) is 12.1 Å². The van der Waals surface area contributed by atoms with Crippen LogP contribution >= 0.6 is 0 Å². The summed E-state index contributed by atoms with van der Waals surface area (Å²) in [5.41, 5.74) is 3.80. The van der Waals surface area contributed by atoms with Crippen molar-refractivity contribution in [3.05, 3.63) is 29.3 Å². The van der Waals surface area contributed by atoms with E-state index in [9.17, 15) is 4.79 Å². The smallest absolute Gasteiger partial charge is 0.249 e. The second-order valence-electron chi connectivity index (χ2n) is 5.92. The van der Waals surface area contributed by atoms with Gasteiger partial charge in [0.2, 0.25) is 5.91 Å². The minimum atomic E-state index is -0.459. The van der Waals surface area contributed by atoms with E-state index in [0.29, 0.717) is 26.4 Å². The highest BCUT2D eigenvalue weighted by Gasteiger charge is 2.15. The average molecular weight is 320 g/mol. The van der Waals surface area contributed by atoms with Crippen molar-refractivity contribution in [3.63, 3.8) is 0 Å². The fourth-order valence-electron chi connectivity index (χ4n) is 2.79. The lowest BCUT2D eigenvalue weighted by Gasteiger charge is -2.27. The molecule has 0 radical (unpaired) electrons. The van der Waals surface area contributed by atoms with E-state index in [-0.39, 0.29) is 5.91 Å². The van der Waals surface area contributed by atoms with Crippen LogP contribution in [0, 0.1) is 0 Å². The van der Waals surface area contributed by atoms with Crippen LogP contribution in [0.15, 0.2) is 18.2 Å². The Morgan fingerprint density at radius 2 is 2.22 bits per heavy atom. The fraction of sp³-hybridized carbons (Fsp3) is 0.611. The minimum absolute atomic E-state index is 0.0867. The Hall–Kier alpha value is -1.59. The normalized spacial score (nSPS) is 15.2. The number of aryl methyl sites for hydroxylation is 1. The fourth-order valence-corrected chi connectivity index (χ4v) is 2.79. The van der Waals surface area contributed by atoms with Crippen LogP contribution in [0.1, 0.15) is 31.4 Å². The molecule has 1 amide bonds. The number of fused-ring (bicyclic) bond motifs is 1. The number of benzene rings is 1. The van der Waals surface area contributed by atoms with Gasteiger partial charge in [0.05, 0.1) is 13.2 Å². The summed E-state index contributed by atoms with van der Waals surface area (Å²) in [6, 6.07) is 6.44. The molecule has 0 saturated heterocycles. The number of carbonyl (C=O) groups excluding carboxylic acids is 1. The van der Waals surface area contributed by atoms with E-state index in [1.54, 1.807) is 6.92 Å². The number of rotatable bonds is 8. The summed E-state index contributed by atoms with van der Waals surface area (Å²) in [7, 11) is 2.13. The number of amides is 1. The lowest BCUT2D eigenvalue weighted by Crippen LogP contribution is -2.34. The van der Waals surface area contributed by atoms with E-state index in [1.807, 2.05) is 6.92 Å². The van der Waals surface area contributed by atoms with Crippen molar-refractivity contribution in [1.82, 2.24) is 5.32 Å². The molecule has 128 valence electrons. The van der Waals surface area contributed by atoms with Crippen LogP contribution in [-0.2, 0) is 27.2 Å². The summed E-state index contributed by atoms with van der Waals surface area (Å²) < 4.78 is 10.6. The number of hydrogen-bond donors (Lipinski definition) is 1. The molecule has 0 aromatic heterocycles. The Morgan fingerprint density at radius 1 is 1.39 bits per heavy atom. The third-order valence-corrected chi connectivity index (χ3v) is 4.13. The standard InChI is InChI=1S/C18H28N2O3/c1-4-22-10-11-23-14(2)18(21)19-13-15-7-8-17-16(12-15)6-5-9-20(17)3/h7-8,12,14H,4-6,9-11,13H2,1-3H3,(H,19,21). The maximum absolute atomic E-state index is 12.0. The predicted octanol–water partition coefficient (Wildman–Crippen LogP) is 2.13. The Labute approximate surface area is 139 Å². The first-order chi connectivity index (χ1) is 11.1. The van der Waals surface area contributed by atoms with Gasteiger partial charge in [-0.15, -0.1) is 0 Å². The quantitative estimate of drug-likeness (QED) is 0.746. The molecule has 2 rings (SSSR count). The molecular weight excluding hydrogens is 292 g/mol. The number of carbonyl (C=O) groups is 1. The molecule has 1 aliphatic heterocycles. The van der Waals surface area contributed by atoms with Gasteiger partial charge in [-0.25, -0.2) is 0 Å². The third-order valence-electron chi connectivity index (χ3n) is 4.13. The molecule has 5 nitrogen and oxygen atoms in total. The average Bonchev–Trinajstić information content (AvgIpc) is 2.56. The van der Waals surface area contributed by atoms with Gasteiger partial charge in [0.25, 0.3) is 0 Å². The number of nitrogens with zero attached hydrogens (tertiary/aromatic N) is 1. The van der Waals surface area contributed by atoms with Crippen LogP contribution in [0.5, 0.6) is 0 Å². The molecule has 1 aliphatic rings. The van der Waals surface area contributed by atoms with Crippen molar-refractivity contribution in [2.45, 2.75) is 39.3 Å². The van der Waals surface area contributed by atoms with Gasteiger partial charge in [0, 0.05) is 32.4 Å². The van der Waals surface area contributed by atoms with E-state index in [1.165, 1.54) is 17.7 Å². The zero-order chi connectivity index (χ0) is 16.7. The number of ether oxygens (including phenoxy) is 2. The molecule has 1 unspecified atom stereocenters. The lowest BCUT2D eigenvalue weighted by molar-refractivity contribution is -0.132. The Morgan fingerprint density at radius 3 is 3.00 bits per heavy atom. The first-order valence-corrected chi connectivity index (χ1v) is 8.41. The number of nitrogens with one attached hydrogen (secondary N) is 1. The van der Waals surface area contributed by atoms with Crippen molar-refractivity contribution < 1.29 is 14.3 Å². The molecule has 1 heterocycles. The maximum atomic E-state index is 12.0. The Bertz CT molecular complexity index is 519. The van der Waals surface area contributed by atoms with Crippen LogP contribution in [0.4, 0.5) is 5.69 Å². The number of hydrogen-bond acceptors (Lipinski definition) is 4. The molecule has 1 aromatic rings. The van der Waals surface area contributed by atoms with E-state index < -0.39 is 6.10 Å². The molecule has 0 aliphatic carbocycles.